The number of nitrogens with zero attached hydrogens (tertiary/aromatic N) is 2. The van der Waals surface area contributed by atoms with Crippen LogP contribution in [0.25, 0.3) is 0 Å². The van der Waals surface area contributed by atoms with Crippen LogP contribution in [-0.4, -0.2) is 31.7 Å². The summed E-state index contributed by atoms with van der Waals surface area (Å²) in [5.41, 5.74) is 0.167. The molecule has 2 rings (SSSR count). The van der Waals surface area contributed by atoms with Gasteiger partial charge in [0, 0.05) is 5.38 Å². The Kier molecular flexibility index (Phi) is 3.20. The van der Waals surface area contributed by atoms with E-state index in [1.807, 2.05) is 0 Å². The molecule has 1 heterocycles. The van der Waals surface area contributed by atoms with Crippen molar-refractivity contribution in [2.24, 2.45) is 0 Å². The van der Waals surface area contributed by atoms with Crippen molar-refractivity contribution in [3.8, 4) is 5.75 Å². The molecule has 18 heavy (non-hydrogen) atoms. The van der Waals surface area contributed by atoms with Crippen molar-refractivity contribution in [2.45, 2.75) is 0 Å². The number of phenols is 1. The molecule has 0 saturated carbocycles. The van der Waals surface area contributed by atoms with Crippen LogP contribution in [0.5, 0.6) is 5.75 Å². The molecule has 8 heteroatoms. The molecule has 0 bridgehead atoms. The number of anilines is 1. The quantitative estimate of drug-likeness (QED) is 0.718. The zero-order chi connectivity index (χ0) is 13.1. The Hall–Kier alpha value is -2.48. The second kappa shape index (κ2) is 4.80. The SMILES string of the molecule is O=C(O)c1ccc(NC(=O)c2csnn2)c(O)c1. The third kappa shape index (κ3) is 2.43. The molecular weight excluding hydrogens is 258 g/mol. The minimum atomic E-state index is -1.16. The van der Waals surface area contributed by atoms with Crippen LogP contribution in [0, 0.1) is 0 Å². The number of nitrogens with one attached hydrogen (secondary N) is 1. The molecule has 1 aromatic heterocycles. The Morgan fingerprint density at radius 1 is 1.33 bits per heavy atom. The second-order valence-corrected chi connectivity index (χ2v) is 3.89. The highest BCUT2D eigenvalue weighted by atomic mass is 32.1. The standard InChI is InChI=1S/C10H7N3O4S/c14-8-3-5(10(16)17)1-2-6(8)11-9(15)7-4-18-13-12-7/h1-4,14H,(H,11,15)(H,16,17). The number of hydrogen-bond acceptors (Lipinski definition) is 6. The molecular formula is C10H7N3O4S. The number of phenolic OH excluding ortho intramolecular Hbond substituents is 1. The molecule has 2 aromatic rings. The van der Waals surface area contributed by atoms with Gasteiger partial charge in [-0.05, 0) is 29.7 Å². The zero-order valence-corrected chi connectivity index (χ0v) is 9.64. The van der Waals surface area contributed by atoms with E-state index in [4.69, 9.17) is 5.11 Å². The first kappa shape index (κ1) is 12.0. The van der Waals surface area contributed by atoms with E-state index in [-0.39, 0.29) is 22.7 Å². The third-order valence-corrected chi connectivity index (χ3v) is 2.59. The maximum atomic E-state index is 11.6. The molecule has 1 aromatic carbocycles. The highest BCUT2D eigenvalue weighted by Gasteiger charge is 2.13. The number of carbonyl (C=O) groups excluding carboxylic acids is 1. The lowest BCUT2D eigenvalue weighted by Crippen LogP contribution is -2.12. The number of benzene rings is 1. The van der Waals surface area contributed by atoms with Gasteiger partial charge in [0.2, 0.25) is 0 Å². The predicted octanol–water partition coefficient (Wildman–Crippen LogP) is 1.19. The topological polar surface area (TPSA) is 112 Å². The molecule has 3 N–H and O–H groups in total. The number of carbonyl (C=O) groups is 2. The predicted molar refractivity (Wildman–Crippen MR) is 62.9 cm³/mol. The van der Waals surface area contributed by atoms with E-state index >= 15 is 0 Å². The summed E-state index contributed by atoms with van der Waals surface area (Å²) in [6.07, 6.45) is 0. The Morgan fingerprint density at radius 2 is 2.11 bits per heavy atom. The van der Waals surface area contributed by atoms with Crippen LogP contribution in [0.4, 0.5) is 5.69 Å². The summed E-state index contributed by atoms with van der Waals surface area (Å²) in [6.45, 7) is 0. The summed E-state index contributed by atoms with van der Waals surface area (Å²) >= 11 is 1.03. The molecule has 0 aliphatic heterocycles. The van der Waals surface area contributed by atoms with E-state index in [2.05, 4.69) is 14.9 Å². The number of carboxylic acids is 1. The van der Waals surface area contributed by atoms with Crippen molar-refractivity contribution < 1.29 is 19.8 Å². The largest absolute Gasteiger partial charge is 0.506 e. The van der Waals surface area contributed by atoms with E-state index in [0.717, 1.165) is 17.6 Å². The van der Waals surface area contributed by atoms with Crippen LogP contribution >= 0.6 is 11.5 Å². The Morgan fingerprint density at radius 3 is 2.67 bits per heavy atom. The average Bonchev–Trinajstić information content (AvgIpc) is 2.85. The second-order valence-electron chi connectivity index (χ2n) is 3.28. The molecule has 1 amide bonds. The number of hydrogen-bond donors (Lipinski definition) is 3. The first-order valence-electron chi connectivity index (χ1n) is 4.72. The minimum Gasteiger partial charge on any atom is -0.506 e. The highest BCUT2D eigenvalue weighted by Crippen LogP contribution is 2.24. The minimum absolute atomic E-state index is 0.0687. The highest BCUT2D eigenvalue weighted by molar-refractivity contribution is 7.03. The lowest BCUT2D eigenvalue weighted by molar-refractivity contribution is 0.0696. The third-order valence-electron chi connectivity index (χ3n) is 2.09. The molecule has 0 atom stereocenters. The van der Waals surface area contributed by atoms with E-state index in [9.17, 15) is 14.7 Å². The maximum absolute atomic E-state index is 11.6. The fraction of sp³-hybridized carbons (Fsp3) is 0. The number of aromatic hydroxyl groups is 1. The Balaban J connectivity index is 2.20. The maximum Gasteiger partial charge on any atom is 0.335 e. The van der Waals surface area contributed by atoms with Crippen molar-refractivity contribution >= 4 is 29.1 Å². The summed E-state index contributed by atoms with van der Waals surface area (Å²) in [5, 5.41) is 25.7. The van der Waals surface area contributed by atoms with Crippen LogP contribution in [0.1, 0.15) is 20.8 Å². The van der Waals surface area contributed by atoms with Crippen LogP contribution < -0.4 is 5.32 Å². The average molecular weight is 265 g/mol. The fourth-order valence-corrected chi connectivity index (χ4v) is 1.66. The molecule has 92 valence electrons. The van der Waals surface area contributed by atoms with Gasteiger partial charge in [-0.15, -0.1) is 5.10 Å². The van der Waals surface area contributed by atoms with Crippen molar-refractivity contribution in [3.63, 3.8) is 0 Å². The van der Waals surface area contributed by atoms with Crippen molar-refractivity contribution in [1.82, 2.24) is 9.59 Å². The van der Waals surface area contributed by atoms with E-state index in [1.165, 1.54) is 17.5 Å². The summed E-state index contributed by atoms with van der Waals surface area (Å²) in [6, 6.07) is 3.63. The van der Waals surface area contributed by atoms with E-state index in [0.29, 0.717) is 0 Å². The summed E-state index contributed by atoms with van der Waals surface area (Å²) in [4.78, 5) is 22.3. The van der Waals surface area contributed by atoms with E-state index < -0.39 is 11.9 Å². The molecule has 0 fully saturated rings. The van der Waals surface area contributed by atoms with Crippen molar-refractivity contribution in [1.29, 1.82) is 0 Å². The number of aromatic carboxylic acids is 1. The molecule has 0 unspecified atom stereocenters. The van der Waals surface area contributed by atoms with Crippen molar-refractivity contribution in [2.75, 3.05) is 5.32 Å². The van der Waals surface area contributed by atoms with Gasteiger partial charge in [-0.3, -0.25) is 4.79 Å². The molecule has 0 spiro atoms. The molecule has 0 radical (unpaired) electrons. The molecule has 0 aliphatic rings. The van der Waals surface area contributed by atoms with Gasteiger partial charge in [-0.25, -0.2) is 4.79 Å². The lowest BCUT2D eigenvalue weighted by atomic mass is 10.2. The Labute approximate surface area is 105 Å². The van der Waals surface area contributed by atoms with Crippen LogP contribution in [0.3, 0.4) is 0 Å². The lowest BCUT2D eigenvalue weighted by Gasteiger charge is -2.06. The van der Waals surface area contributed by atoms with Gasteiger partial charge in [0.25, 0.3) is 5.91 Å². The van der Waals surface area contributed by atoms with Crippen LogP contribution in [0.15, 0.2) is 23.6 Å². The smallest absolute Gasteiger partial charge is 0.335 e. The van der Waals surface area contributed by atoms with Gasteiger partial charge in [0.15, 0.2) is 5.69 Å². The van der Waals surface area contributed by atoms with Gasteiger partial charge >= 0.3 is 5.97 Å². The monoisotopic (exact) mass is 265 g/mol. The van der Waals surface area contributed by atoms with Gasteiger partial charge in [-0.2, -0.15) is 0 Å². The molecule has 7 nitrogen and oxygen atoms in total. The van der Waals surface area contributed by atoms with Crippen molar-refractivity contribution in [3.05, 3.63) is 34.8 Å². The van der Waals surface area contributed by atoms with Gasteiger partial charge in [-0.1, -0.05) is 4.49 Å². The normalized spacial score (nSPS) is 10.0. The number of amides is 1. The van der Waals surface area contributed by atoms with Gasteiger partial charge in [0.1, 0.15) is 5.75 Å². The summed E-state index contributed by atoms with van der Waals surface area (Å²) in [7, 11) is 0. The van der Waals surface area contributed by atoms with Gasteiger partial charge in [0.05, 0.1) is 11.3 Å². The molecule has 0 aliphatic carbocycles. The zero-order valence-electron chi connectivity index (χ0n) is 8.82. The van der Waals surface area contributed by atoms with Crippen LogP contribution in [-0.2, 0) is 0 Å². The summed E-state index contributed by atoms with van der Waals surface area (Å²) in [5.74, 6) is -2.01. The fourth-order valence-electron chi connectivity index (χ4n) is 1.22. The Bertz CT molecular complexity index is 597. The summed E-state index contributed by atoms with van der Waals surface area (Å²) < 4.78 is 3.54. The molecule has 0 saturated heterocycles. The van der Waals surface area contributed by atoms with E-state index in [1.54, 1.807) is 0 Å². The first-order valence-corrected chi connectivity index (χ1v) is 5.56. The number of rotatable bonds is 3. The number of carboxylic acid groups (broad SMARTS) is 1. The first-order chi connectivity index (χ1) is 8.58. The van der Waals surface area contributed by atoms with Crippen LogP contribution in [0.2, 0.25) is 0 Å². The van der Waals surface area contributed by atoms with Gasteiger partial charge < -0.3 is 15.5 Å². The number of aromatic nitrogens is 2.